The number of thiazole rings is 1. The molecule has 0 saturated heterocycles. The molecule has 1 aromatic heterocycles. The lowest BCUT2D eigenvalue weighted by atomic mass is 10.1. The minimum atomic E-state index is -0.825. The molecule has 25 heavy (non-hydrogen) atoms. The fraction of sp³-hybridized carbons (Fsp3) is 0.312. The van der Waals surface area contributed by atoms with E-state index in [1.165, 1.54) is 11.3 Å². The number of aromatic nitrogens is 1. The maximum absolute atomic E-state index is 12.0. The van der Waals surface area contributed by atoms with Gasteiger partial charge in [-0.15, -0.1) is 11.3 Å². The predicted molar refractivity (Wildman–Crippen MR) is 105 cm³/mol. The zero-order valence-corrected chi connectivity index (χ0v) is 17.5. The van der Waals surface area contributed by atoms with Gasteiger partial charge in [0.2, 0.25) is 5.91 Å². The third kappa shape index (κ3) is 4.21. The normalized spacial score (nSPS) is 13.1. The molecule has 2 N–H and O–H groups in total. The zero-order chi connectivity index (χ0) is 18.2. The van der Waals surface area contributed by atoms with Gasteiger partial charge in [-0.2, -0.15) is 0 Å². The molecule has 6 nitrogen and oxygen atoms in total. The van der Waals surface area contributed by atoms with Crippen LogP contribution in [0.15, 0.2) is 22.7 Å². The van der Waals surface area contributed by atoms with E-state index in [1.807, 2.05) is 18.2 Å². The van der Waals surface area contributed by atoms with Crippen LogP contribution in [0.5, 0.6) is 5.75 Å². The molecule has 3 amide bonds. The highest BCUT2D eigenvalue weighted by atomic mass is 79.9. The molecule has 0 fully saturated rings. The lowest BCUT2D eigenvalue weighted by molar-refractivity contribution is -0.121. The Morgan fingerprint density at radius 3 is 2.84 bits per heavy atom. The number of rotatable bonds is 2. The molecule has 0 bridgehead atoms. The van der Waals surface area contributed by atoms with Gasteiger partial charge in [-0.1, -0.05) is 31.9 Å². The van der Waals surface area contributed by atoms with Crippen molar-refractivity contribution in [3.8, 4) is 17.0 Å². The molecule has 0 unspecified atom stereocenters. The Morgan fingerprint density at radius 2 is 2.12 bits per heavy atom. The highest BCUT2D eigenvalue weighted by Crippen LogP contribution is 2.40. The Kier molecular flexibility index (Phi) is 5.17. The fourth-order valence-corrected chi connectivity index (χ4v) is 3.62. The summed E-state index contributed by atoms with van der Waals surface area (Å²) in [6, 6.07) is 5.16. The molecule has 3 rings (SSSR count). The van der Waals surface area contributed by atoms with Crippen LogP contribution in [-0.4, -0.2) is 27.9 Å². The van der Waals surface area contributed by atoms with Gasteiger partial charge in [0, 0.05) is 21.3 Å². The summed E-state index contributed by atoms with van der Waals surface area (Å²) in [5.74, 6) is 0.331. The van der Waals surface area contributed by atoms with Crippen LogP contribution in [0, 0.1) is 0 Å². The second-order valence-corrected chi connectivity index (χ2v) is 9.89. The van der Waals surface area contributed by atoms with Gasteiger partial charge in [0.05, 0.1) is 16.6 Å². The van der Waals surface area contributed by atoms with Crippen LogP contribution >= 0.6 is 43.2 Å². The summed E-state index contributed by atoms with van der Waals surface area (Å²) in [5.41, 5.74) is 1.69. The van der Waals surface area contributed by atoms with Crippen LogP contribution in [0.1, 0.15) is 18.7 Å². The van der Waals surface area contributed by atoms with Gasteiger partial charge in [-0.3, -0.25) is 15.4 Å². The van der Waals surface area contributed by atoms with E-state index in [1.54, 1.807) is 13.8 Å². The van der Waals surface area contributed by atoms with Crippen LogP contribution < -0.4 is 15.4 Å². The first-order valence-electron chi connectivity index (χ1n) is 7.48. The van der Waals surface area contributed by atoms with Crippen molar-refractivity contribution >= 4 is 60.3 Å². The third-order valence-electron chi connectivity index (χ3n) is 3.47. The minimum Gasteiger partial charge on any atom is -0.492 e. The average Bonchev–Trinajstić information content (AvgIpc) is 2.81. The molecule has 0 atom stereocenters. The molecule has 0 spiro atoms. The van der Waals surface area contributed by atoms with E-state index in [9.17, 15) is 9.59 Å². The fourth-order valence-electron chi connectivity index (χ4n) is 2.23. The topological polar surface area (TPSA) is 80.3 Å². The highest BCUT2D eigenvalue weighted by Gasteiger charge is 2.26. The number of hydrogen-bond donors (Lipinski definition) is 2. The first-order chi connectivity index (χ1) is 11.7. The molecule has 0 radical (unpaired) electrons. The Bertz CT molecular complexity index is 846. The number of alkyl halides is 1. The second kappa shape index (κ2) is 7.05. The molecular weight excluding hydrogens is 474 g/mol. The number of amides is 3. The largest absolute Gasteiger partial charge is 0.492 e. The van der Waals surface area contributed by atoms with E-state index >= 15 is 0 Å². The molecular formula is C16H15Br2N3O3S. The standard InChI is InChI=1S/C16H15Br2N3O3S/c1-16(2,18)13(22)20-14(23)21-15-19-12-9-4-3-8(17)7-10(9)24-6-5-11(12)25-15/h3-4,7H,5-6H2,1-2H3,(H2,19,20,21,22,23). The summed E-state index contributed by atoms with van der Waals surface area (Å²) in [5, 5.41) is 5.36. The van der Waals surface area contributed by atoms with Crippen LogP contribution in [-0.2, 0) is 11.2 Å². The van der Waals surface area contributed by atoms with E-state index in [2.05, 4.69) is 47.5 Å². The molecule has 2 heterocycles. The van der Waals surface area contributed by atoms with Crippen molar-refractivity contribution in [2.45, 2.75) is 24.6 Å². The molecule has 0 saturated carbocycles. The second-order valence-electron chi connectivity index (χ2n) is 5.91. The Morgan fingerprint density at radius 1 is 1.36 bits per heavy atom. The monoisotopic (exact) mass is 487 g/mol. The third-order valence-corrected chi connectivity index (χ3v) is 5.35. The average molecular weight is 489 g/mol. The number of benzene rings is 1. The number of hydrogen-bond acceptors (Lipinski definition) is 5. The first-order valence-corrected chi connectivity index (χ1v) is 9.88. The summed E-state index contributed by atoms with van der Waals surface area (Å²) >= 11 is 8.03. The number of nitrogens with zero attached hydrogens (tertiary/aromatic N) is 1. The van der Waals surface area contributed by atoms with E-state index in [-0.39, 0.29) is 0 Å². The predicted octanol–water partition coefficient (Wildman–Crippen LogP) is 4.33. The summed E-state index contributed by atoms with van der Waals surface area (Å²) in [4.78, 5) is 29.4. The van der Waals surface area contributed by atoms with E-state index in [0.717, 1.165) is 26.4 Å². The van der Waals surface area contributed by atoms with Crippen LogP contribution in [0.2, 0.25) is 0 Å². The van der Waals surface area contributed by atoms with E-state index in [0.29, 0.717) is 18.2 Å². The van der Waals surface area contributed by atoms with Crippen molar-refractivity contribution in [1.29, 1.82) is 0 Å². The first kappa shape index (κ1) is 18.3. The minimum absolute atomic E-state index is 0.424. The number of carbonyl (C=O) groups excluding carboxylic acids is 2. The number of urea groups is 1. The molecule has 1 aromatic carbocycles. The number of ether oxygens (including phenoxy) is 1. The van der Waals surface area contributed by atoms with Gasteiger partial charge >= 0.3 is 6.03 Å². The summed E-state index contributed by atoms with van der Waals surface area (Å²) in [6.45, 7) is 3.87. The van der Waals surface area contributed by atoms with E-state index < -0.39 is 16.3 Å². The SMILES string of the molecule is CC(C)(Br)C(=O)NC(=O)Nc1nc2c(s1)CCOc1cc(Br)ccc1-2. The molecule has 9 heteroatoms. The number of halogens is 2. The molecule has 0 aliphatic carbocycles. The summed E-state index contributed by atoms with van der Waals surface area (Å²) < 4.78 is 5.87. The molecule has 1 aliphatic heterocycles. The highest BCUT2D eigenvalue weighted by molar-refractivity contribution is 9.10. The van der Waals surface area contributed by atoms with Crippen LogP contribution in [0.25, 0.3) is 11.3 Å². The van der Waals surface area contributed by atoms with Crippen molar-refractivity contribution in [2.75, 3.05) is 11.9 Å². The molecule has 132 valence electrons. The van der Waals surface area contributed by atoms with Gasteiger partial charge < -0.3 is 4.74 Å². The van der Waals surface area contributed by atoms with Crippen LogP contribution in [0.4, 0.5) is 9.93 Å². The van der Waals surface area contributed by atoms with Gasteiger partial charge in [-0.05, 0) is 32.0 Å². The van der Waals surface area contributed by atoms with Crippen molar-refractivity contribution in [3.63, 3.8) is 0 Å². The number of anilines is 1. The Balaban J connectivity index is 1.81. The lowest BCUT2D eigenvalue weighted by Crippen LogP contribution is -2.43. The molecule has 1 aliphatic rings. The Hall–Kier alpha value is -1.45. The number of nitrogens with one attached hydrogen (secondary N) is 2. The van der Waals surface area contributed by atoms with E-state index in [4.69, 9.17) is 4.74 Å². The van der Waals surface area contributed by atoms with Gasteiger partial charge in [0.25, 0.3) is 0 Å². The zero-order valence-electron chi connectivity index (χ0n) is 13.5. The van der Waals surface area contributed by atoms with Gasteiger partial charge in [0.15, 0.2) is 5.13 Å². The van der Waals surface area contributed by atoms with Crippen molar-refractivity contribution in [3.05, 3.63) is 27.5 Å². The quantitative estimate of drug-likeness (QED) is 0.616. The Labute approximate surface area is 165 Å². The summed E-state index contributed by atoms with van der Waals surface area (Å²) in [7, 11) is 0. The number of fused-ring (bicyclic) bond motifs is 3. The molecule has 2 aromatic rings. The lowest BCUT2D eigenvalue weighted by Gasteiger charge is -2.14. The van der Waals surface area contributed by atoms with Crippen molar-refractivity contribution in [2.24, 2.45) is 0 Å². The van der Waals surface area contributed by atoms with Crippen molar-refractivity contribution < 1.29 is 14.3 Å². The van der Waals surface area contributed by atoms with Crippen LogP contribution in [0.3, 0.4) is 0 Å². The van der Waals surface area contributed by atoms with Crippen molar-refractivity contribution in [1.82, 2.24) is 10.3 Å². The van der Waals surface area contributed by atoms with Gasteiger partial charge in [0.1, 0.15) is 5.75 Å². The number of imide groups is 1. The maximum atomic E-state index is 12.0. The smallest absolute Gasteiger partial charge is 0.327 e. The van der Waals surface area contributed by atoms with Gasteiger partial charge in [-0.25, -0.2) is 9.78 Å². The maximum Gasteiger partial charge on any atom is 0.327 e. The number of carbonyl (C=O) groups is 2. The summed E-state index contributed by atoms with van der Waals surface area (Å²) in [6.07, 6.45) is 0.704.